The minimum atomic E-state index is -1.27. The maximum Gasteiger partial charge on any atom is 0.346 e. The van der Waals surface area contributed by atoms with Gasteiger partial charge >= 0.3 is 5.97 Å². The van der Waals surface area contributed by atoms with E-state index in [0.717, 1.165) is 16.9 Å². The van der Waals surface area contributed by atoms with Gasteiger partial charge < -0.3 is 14.6 Å². The Kier molecular flexibility index (Phi) is 6.40. The van der Waals surface area contributed by atoms with Crippen molar-refractivity contribution in [2.24, 2.45) is 0 Å². The molecule has 0 spiro atoms. The van der Waals surface area contributed by atoms with Gasteiger partial charge in [0.15, 0.2) is 0 Å². The number of para-hydroxylation sites is 1. The Hall–Kier alpha value is -3.26. The zero-order chi connectivity index (χ0) is 19.1. The molecule has 1 N–H and O–H groups in total. The van der Waals surface area contributed by atoms with Gasteiger partial charge in [0.25, 0.3) is 0 Å². The molecule has 0 aliphatic carbocycles. The predicted molar refractivity (Wildman–Crippen MR) is 99.3 cm³/mol. The third-order valence-corrected chi connectivity index (χ3v) is 3.93. The lowest BCUT2D eigenvalue weighted by molar-refractivity contribution is -0.132. The highest BCUT2D eigenvalue weighted by Crippen LogP contribution is 2.24. The summed E-state index contributed by atoms with van der Waals surface area (Å²) in [6, 6.07) is 12.7. The molecule has 0 aliphatic rings. The van der Waals surface area contributed by atoms with Gasteiger partial charge in [-0.15, -0.1) is 0 Å². The van der Waals surface area contributed by atoms with Gasteiger partial charge in [0.1, 0.15) is 36.4 Å². The summed E-state index contributed by atoms with van der Waals surface area (Å²) in [5.41, 5.74) is 3.60. The summed E-state index contributed by atoms with van der Waals surface area (Å²) in [6.07, 6.45) is 1.30. The molecule has 5 heteroatoms. The Morgan fingerprint density at radius 1 is 1.12 bits per heavy atom. The van der Waals surface area contributed by atoms with Gasteiger partial charge in [0.2, 0.25) is 0 Å². The summed E-state index contributed by atoms with van der Waals surface area (Å²) in [6.45, 7) is 6.73. The first kappa shape index (κ1) is 19.1. The first-order chi connectivity index (χ1) is 12.4. The third-order valence-electron chi connectivity index (χ3n) is 3.93. The number of aliphatic carboxylic acids is 1. The molecule has 0 aliphatic heterocycles. The van der Waals surface area contributed by atoms with Gasteiger partial charge in [0.05, 0.1) is 0 Å². The van der Waals surface area contributed by atoms with Crippen molar-refractivity contribution in [1.29, 1.82) is 5.26 Å². The van der Waals surface area contributed by atoms with Crippen molar-refractivity contribution in [3.8, 4) is 17.6 Å². The molecule has 0 unspecified atom stereocenters. The number of nitriles is 1. The molecule has 0 bridgehead atoms. The Morgan fingerprint density at radius 2 is 1.77 bits per heavy atom. The zero-order valence-electron chi connectivity index (χ0n) is 15.1. The molecule has 0 saturated carbocycles. The van der Waals surface area contributed by atoms with Crippen LogP contribution in [0.4, 0.5) is 0 Å². The van der Waals surface area contributed by atoms with E-state index >= 15 is 0 Å². The minimum absolute atomic E-state index is 0.298. The molecule has 0 heterocycles. The number of carbonyl (C=O) groups is 1. The van der Waals surface area contributed by atoms with E-state index in [9.17, 15) is 4.79 Å². The van der Waals surface area contributed by atoms with Crippen LogP contribution in [-0.2, 0) is 4.79 Å². The van der Waals surface area contributed by atoms with Gasteiger partial charge in [-0.3, -0.25) is 0 Å². The van der Waals surface area contributed by atoms with Crippen molar-refractivity contribution in [2.45, 2.75) is 20.8 Å². The first-order valence-electron chi connectivity index (χ1n) is 8.20. The van der Waals surface area contributed by atoms with E-state index in [1.165, 1.54) is 11.6 Å². The molecule has 2 aromatic rings. The number of nitrogens with zero attached hydrogens (tertiary/aromatic N) is 1. The topological polar surface area (TPSA) is 79.5 Å². The molecule has 0 fully saturated rings. The Morgan fingerprint density at radius 3 is 2.42 bits per heavy atom. The van der Waals surface area contributed by atoms with Crippen molar-refractivity contribution < 1.29 is 19.4 Å². The Balaban J connectivity index is 2.03. The van der Waals surface area contributed by atoms with Gasteiger partial charge in [-0.05, 0) is 55.7 Å². The normalized spacial score (nSPS) is 10.9. The number of benzene rings is 2. The molecular formula is C21H21NO4. The molecule has 2 rings (SSSR count). The van der Waals surface area contributed by atoms with E-state index in [1.807, 2.05) is 26.8 Å². The second-order valence-corrected chi connectivity index (χ2v) is 5.91. The largest absolute Gasteiger partial charge is 0.490 e. The number of hydrogen-bond acceptors (Lipinski definition) is 4. The lowest BCUT2D eigenvalue weighted by atomic mass is 10.1. The molecule has 134 valence electrons. The van der Waals surface area contributed by atoms with Gasteiger partial charge in [-0.2, -0.15) is 5.26 Å². The van der Waals surface area contributed by atoms with Crippen LogP contribution in [0.25, 0.3) is 6.08 Å². The maximum atomic E-state index is 11.0. The van der Waals surface area contributed by atoms with Gasteiger partial charge in [-0.1, -0.05) is 24.3 Å². The van der Waals surface area contributed by atoms with Gasteiger partial charge in [-0.25, -0.2) is 4.79 Å². The van der Waals surface area contributed by atoms with Crippen molar-refractivity contribution in [2.75, 3.05) is 13.2 Å². The molecule has 26 heavy (non-hydrogen) atoms. The lowest BCUT2D eigenvalue weighted by Gasteiger charge is -2.14. The van der Waals surface area contributed by atoms with Crippen molar-refractivity contribution >= 4 is 12.0 Å². The molecule has 0 aromatic heterocycles. The lowest BCUT2D eigenvalue weighted by Crippen LogP contribution is -2.10. The van der Waals surface area contributed by atoms with E-state index in [-0.39, 0.29) is 5.57 Å². The summed E-state index contributed by atoms with van der Waals surface area (Å²) >= 11 is 0. The second-order valence-electron chi connectivity index (χ2n) is 5.91. The van der Waals surface area contributed by atoms with Crippen LogP contribution in [0.2, 0.25) is 0 Å². The number of aryl methyl sites for hydroxylation is 2. The Labute approximate surface area is 153 Å². The monoisotopic (exact) mass is 351 g/mol. The van der Waals surface area contributed by atoms with Crippen LogP contribution in [0, 0.1) is 32.1 Å². The fourth-order valence-electron chi connectivity index (χ4n) is 2.48. The number of carboxylic acid groups (broad SMARTS) is 1. The summed E-state index contributed by atoms with van der Waals surface area (Å²) < 4.78 is 11.5. The van der Waals surface area contributed by atoms with Gasteiger partial charge in [0, 0.05) is 5.56 Å². The average molecular weight is 351 g/mol. The van der Waals surface area contributed by atoms with Crippen LogP contribution < -0.4 is 9.47 Å². The standard InChI is InChI=1S/C21H21NO4/c1-14-10-15(2)16(3)20(11-14)26-9-8-25-19-7-5-4-6-17(19)12-18(13-22)21(23)24/h4-7,10-12H,8-9H2,1-3H3,(H,23,24). The highest BCUT2D eigenvalue weighted by molar-refractivity contribution is 5.96. The van der Waals surface area contributed by atoms with E-state index in [1.54, 1.807) is 30.3 Å². The van der Waals surface area contributed by atoms with E-state index in [4.69, 9.17) is 19.8 Å². The highest BCUT2D eigenvalue weighted by Gasteiger charge is 2.09. The summed E-state index contributed by atoms with van der Waals surface area (Å²) in [5, 5.41) is 17.9. The van der Waals surface area contributed by atoms with E-state index in [0.29, 0.717) is 24.5 Å². The van der Waals surface area contributed by atoms with Crippen LogP contribution in [0.15, 0.2) is 42.0 Å². The van der Waals surface area contributed by atoms with E-state index < -0.39 is 5.97 Å². The number of carboxylic acids is 1. The first-order valence-corrected chi connectivity index (χ1v) is 8.20. The highest BCUT2D eigenvalue weighted by atomic mass is 16.5. The number of rotatable bonds is 7. The van der Waals surface area contributed by atoms with Crippen LogP contribution in [-0.4, -0.2) is 24.3 Å². The number of hydrogen-bond donors (Lipinski definition) is 1. The Bertz CT molecular complexity index is 878. The number of ether oxygens (including phenoxy) is 2. The summed E-state index contributed by atoms with van der Waals surface area (Å²) in [7, 11) is 0. The fourth-order valence-corrected chi connectivity index (χ4v) is 2.48. The summed E-state index contributed by atoms with van der Waals surface area (Å²) in [5.74, 6) is 0.0649. The van der Waals surface area contributed by atoms with Crippen LogP contribution in [0.3, 0.4) is 0 Å². The van der Waals surface area contributed by atoms with Crippen molar-refractivity contribution in [3.63, 3.8) is 0 Å². The molecule has 0 atom stereocenters. The summed E-state index contributed by atoms with van der Waals surface area (Å²) in [4.78, 5) is 11.0. The van der Waals surface area contributed by atoms with Crippen molar-refractivity contribution in [3.05, 3.63) is 64.2 Å². The van der Waals surface area contributed by atoms with Crippen LogP contribution in [0.5, 0.6) is 11.5 Å². The van der Waals surface area contributed by atoms with Crippen LogP contribution >= 0.6 is 0 Å². The maximum absolute atomic E-state index is 11.0. The van der Waals surface area contributed by atoms with Crippen molar-refractivity contribution in [1.82, 2.24) is 0 Å². The SMILES string of the molecule is Cc1cc(C)c(C)c(OCCOc2ccccc2C=C(C#N)C(=O)O)c1. The quantitative estimate of drug-likeness (QED) is 0.462. The average Bonchev–Trinajstić information content (AvgIpc) is 2.61. The van der Waals surface area contributed by atoms with E-state index in [2.05, 4.69) is 6.07 Å². The molecule has 0 radical (unpaired) electrons. The van der Waals surface area contributed by atoms with Crippen LogP contribution in [0.1, 0.15) is 22.3 Å². The predicted octanol–water partition coefficient (Wildman–Crippen LogP) is 4.06. The zero-order valence-corrected chi connectivity index (χ0v) is 15.1. The molecule has 5 nitrogen and oxygen atoms in total. The molecule has 0 amide bonds. The molecular weight excluding hydrogens is 330 g/mol. The fraction of sp³-hybridized carbons (Fsp3) is 0.238. The minimum Gasteiger partial charge on any atom is -0.490 e. The molecule has 0 saturated heterocycles. The molecule has 2 aromatic carbocycles. The smallest absolute Gasteiger partial charge is 0.346 e. The third kappa shape index (κ3) is 4.87. The second kappa shape index (κ2) is 8.72.